The molecule has 1 amide bonds. The van der Waals surface area contributed by atoms with Crippen molar-refractivity contribution < 1.29 is 23.7 Å². The molecule has 0 aromatic carbocycles. The largest absolute Gasteiger partial charge is 0.444 e. The highest BCUT2D eigenvalue weighted by Gasteiger charge is 2.44. The molecule has 0 heterocycles. The van der Waals surface area contributed by atoms with E-state index in [4.69, 9.17) is 18.9 Å². The predicted molar refractivity (Wildman–Crippen MR) is 87.4 cm³/mol. The third-order valence-corrected chi connectivity index (χ3v) is 3.73. The summed E-state index contributed by atoms with van der Waals surface area (Å²) in [5.41, 5.74) is -0.513. The number of rotatable bonds is 8. The number of methoxy groups -OCH3 is 2. The van der Waals surface area contributed by atoms with Crippen molar-refractivity contribution in [2.75, 3.05) is 20.8 Å². The summed E-state index contributed by atoms with van der Waals surface area (Å²) in [5, 5.41) is 6.33. The fourth-order valence-electron chi connectivity index (χ4n) is 2.71. The van der Waals surface area contributed by atoms with E-state index in [1.807, 2.05) is 34.6 Å². The minimum absolute atomic E-state index is 0.00901. The van der Waals surface area contributed by atoms with E-state index in [-0.39, 0.29) is 30.5 Å². The van der Waals surface area contributed by atoms with Crippen molar-refractivity contribution in [3.05, 3.63) is 0 Å². The van der Waals surface area contributed by atoms with Crippen LogP contribution in [-0.2, 0) is 18.9 Å². The average Bonchev–Trinajstić information content (AvgIpc) is 2.43. The standard InChI is InChI=1S/C16H32N2O5/c1-8-22-12-9-11(18-15(19)23-16(3,4)5)13(12)17-10(2)14(20-6)21-7/h10-14,17H,8-9H2,1-7H3,(H,18,19). The Morgan fingerprint density at radius 1 is 1.26 bits per heavy atom. The smallest absolute Gasteiger partial charge is 0.407 e. The van der Waals surface area contributed by atoms with Crippen molar-refractivity contribution in [3.8, 4) is 0 Å². The van der Waals surface area contributed by atoms with Gasteiger partial charge in [-0.2, -0.15) is 0 Å². The zero-order valence-electron chi connectivity index (χ0n) is 15.3. The van der Waals surface area contributed by atoms with Crippen LogP contribution in [0.15, 0.2) is 0 Å². The number of hydrogen-bond donors (Lipinski definition) is 2. The van der Waals surface area contributed by atoms with Crippen LogP contribution in [0.1, 0.15) is 41.0 Å². The molecule has 7 nitrogen and oxygen atoms in total. The molecule has 2 N–H and O–H groups in total. The maximum absolute atomic E-state index is 12.0. The number of ether oxygens (including phenoxy) is 4. The molecule has 1 aliphatic carbocycles. The third kappa shape index (κ3) is 6.25. The summed E-state index contributed by atoms with van der Waals surface area (Å²) in [6.45, 7) is 10.1. The Kier molecular flexibility index (Phi) is 7.73. The Bertz CT molecular complexity index is 368. The molecule has 136 valence electrons. The molecule has 0 spiro atoms. The highest BCUT2D eigenvalue weighted by atomic mass is 16.7. The lowest BCUT2D eigenvalue weighted by Gasteiger charge is -2.46. The summed E-state index contributed by atoms with van der Waals surface area (Å²) < 4.78 is 21.6. The number of carbonyl (C=O) groups is 1. The Labute approximate surface area is 139 Å². The molecule has 23 heavy (non-hydrogen) atoms. The van der Waals surface area contributed by atoms with Crippen LogP contribution in [0.25, 0.3) is 0 Å². The first-order valence-corrected chi connectivity index (χ1v) is 8.14. The Morgan fingerprint density at radius 2 is 1.87 bits per heavy atom. The second-order valence-corrected chi connectivity index (χ2v) is 6.80. The molecule has 0 saturated heterocycles. The van der Waals surface area contributed by atoms with E-state index in [1.165, 1.54) is 0 Å². The summed E-state index contributed by atoms with van der Waals surface area (Å²) in [6, 6.07) is -0.0929. The molecule has 0 bridgehead atoms. The molecular formula is C16H32N2O5. The normalized spacial score (nSPS) is 25.8. The van der Waals surface area contributed by atoms with Crippen molar-refractivity contribution >= 4 is 6.09 Å². The van der Waals surface area contributed by atoms with Gasteiger partial charge in [-0.15, -0.1) is 0 Å². The fraction of sp³-hybridized carbons (Fsp3) is 0.938. The zero-order chi connectivity index (χ0) is 17.6. The van der Waals surface area contributed by atoms with Gasteiger partial charge in [0.25, 0.3) is 0 Å². The molecule has 7 heteroatoms. The van der Waals surface area contributed by atoms with Gasteiger partial charge in [-0.25, -0.2) is 4.79 Å². The van der Waals surface area contributed by atoms with Gasteiger partial charge in [-0.1, -0.05) is 0 Å². The topological polar surface area (TPSA) is 78.1 Å². The van der Waals surface area contributed by atoms with Gasteiger partial charge >= 0.3 is 6.09 Å². The molecule has 0 aliphatic heterocycles. The molecule has 0 radical (unpaired) electrons. The number of hydrogen-bond acceptors (Lipinski definition) is 6. The number of carbonyl (C=O) groups excluding carboxylic acids is 1. The molecular weight excluding hydrogens is 300 g/mol. The third-order valence-electron chi connectivity index (χ3n) is 3.73. The van der Waals surface area contributed by atoms with E-state index >= 15 is 0 Å². The second-order valence-electron chi connectivity index (χ2n) is 6.80. The van der Waals surface area contributed by atoms with Gasteiger partial charge < -0.3 is 29.6 Å². The molecule has 1 fully saturated rings. The van der Waals surface area contributed by atoms with Crippen LogP contribution < -0.4 is 10.6 Å². The average molecular weight is 332 g/mol. The molecule has 1 saturated carbocycles. The van der Waals surface area contributed by atoms with Crippen LogP contribution in [0.2, 0.25) is 0 Å². The predicted octanol–water partition coefficient (Wildman–Crippen LogP) is 1.65. The van der Waals surface area contributed by atoms with Crippen LogP contribution in [0.5, 0.6) is 0 Å². The Balaban J connectivity index is 2.60. The van der Waals surface area contributed by atoms with Gasteiger partial charge in [0.05, 0.1) is 24.2 Å². The van der Waals surface area contributed by atoms with E-state index in [2.05, 4.69) is 10.6 Å². The first kappa shape index (κ1) is 20.2. The molecule has 0 aromatic heterocycles. The lowest BCUT2D eigenvalue weighted by atomic mass is 9.82. The van der Waals surface area contributed by atoms with Crippen molar-refractivity contribution in [1.82, 2.24) is 10.6 Å². The van der Waals surface area contributed by atoms with Crippen LogP contribution in [0.4, 0.5) is 4.79 Å². The number of nitrogens with one attached hydrogen (secondary N) is 2. The van der Waals surface area contributed by atoms with E-state index in [0.29, 0.717) is 6.61 Å². The summed E-state index contributed by atoms with van der Waals surface area (Å²) >= 11 is 0. The molecule has 4 unspecified atom stereocenters. The maximum Gasteiger partial charge on any atom is 0.407 e. The highest BCUT2D eigenvalue weighted by molar-refractivity contribution is 5.68. The van der Waals surface area contributed by atoms with Gasteiger partial charge in [0.2, 0.25) is 0 Å². The second kappa shape index (κ2) is 8.82. The van der Waals surface area contributed by atoms with Gasteiger partial charge in [0.15, 0.2) is 6.29 Å². The van der Waals surface area contributed by atoms with Crippen molar-refractivity contribution in [2.45, 2.75) is 77.2 Å². The number of amides is 1. The minimum Gasteiger partial charge on any atom is -0.444 e. The van der Waals surface area contributed by atoms with E-state index < -0.39 is 11.7 Å². The summed E-state index contributed by atoms with van der Waals surface area (Å²) in [7, 11) is 3.20. The Morgan fingerprint density at radius 3 is 2.35 bits per heavy atom. The Hall–Kier alpha value is -0.890. The van der Waals surface area contributed by atoms with E-state index in [9.17, 15) is 4.79 Å². The summed E-state index contributed by atoms with van der Waals surface area (Å²) in [6.07, 6.45) is 0.0333. The monoisotopic (exact) mass is 332 g/mol. The SMILES string of the molecule is CCOC1CC(NC(=O)OC(C)(C)C)C1NC(C)C(OC)OC. The lowest BCUT2D eigenvalue weighted by molar-refractivity contribution is -0.130. The van der Waals surface area contributed by atoms with Gasteiger partial charge in [0.1, 0.15) is 5.60 Å². The molecule has 4 atom stereocenters. The van der Waals surface area contributed by atoms with Gasteiger partial charge in [-0.05, 0) is 41.0 Å². The number of alkyl carbamates (subject to hydrolysis) is 1. The van der Waals surface area contributed by atoms with Crippen LogP contribution in [0.3, 0.4) is 0 Å². The quantitative estimate of drug-likeness (QED) is 0.658. The molecule has 1 aliphatic rings. The van der Waals surface area contributed by atoms with Crippen LogP contribution in [0, 0.1) is 0 Å². The zero-order valence-corrected chi connectivity index (χ0v) is 15.3. The first-order chi connectivity index (χ1) is 10.7. The van der Waals surface area contributed by atoms with Crippen LogP contribution in [-0.4, -0.2) is 63.0 Å². The van der Waals surface area contributed by atoms with Gasteiger partial charge in [0, 0.05) is 20.8 Å². The summed E-state index contributed by atoms with van der Waals surface area (Å²) in [4.78, 5) is 12.0. The van der Waals surface area contributed by atoms with E-state index in [1.54, 1.807) is 14.2 Å². The highest BCUT2D eigenvalue weighted by Crippen LogP contribution is 2.26. The van der Waals surface area contributed by atoms with E-state index in [0.717, 1.165) is 6.42 Å². The summed E-state index contributed by atoms with van der Waals surface area (Å²) in [5.74, 6) is 0. The van der Waals surface area contributed by atoms with Crippen molar-refractivity contribution in [2.24, 2.45) is 0 Å². The first-order valence-electron chi connectivity index (χ1n) is 8.14. The van der Waals surface area contributed by atoms with Crippen molar-refractivity contribution in [3.63, 3.8) is 0 Å². The minimum atomic E-state index is -0.513. The van der Waals surface area contributed by atoms with Crippen molar-refractivity contribution in [1.29, 1.82) is 0 Å². The maximum atomic E-state index is 12.0. The van der Waals surface area contributed by atoms with Gasteiger partial charge in [-0.3, -0.25) is 0 Å². The lowest BCUT2D eigenvalue weighted by Crippen LogP contribution is -2.68. The molecule has 0 aromatic rings. The fourth-order valence-corrected chi connectivity index (χ4v) is 2.71. The molecule has 1 rings (SSSR count). The van der Waals surface area contributed by atoms with Crippen LogP contribution >= 0.6 is 0 Å².